The summed E-state index contributed by atoms with van der Waals surface area (Å²) < 4.78 is 26.7. The second kappa shape index (κ2) is 5.31. The minimum Gasteiger partial charge on any atom is -0.477 e. The van der Waals surface area contributed by atoms with Crippen molar-refractivity contribution in [2.45, 2.75) is 26.4 Å². The van der Waals surface area contributed by atoms with E-state index in [9.17, 15) is 18.4 Å². The molecule has 104 valence electrons. The number of halogens is 2. The molecule has 0 saturated heterocycles. The summed E-state index contributed by atoms with van der Waals surface area (Å²) in [6, 6.07) is 1.27. The maximum atomic E-state index is 13.4. The number of nitrogens with one attached hydrogen (secondary N) is 1. The molecule has 1 rings (SSSR count). The van der Waals surface area contributed by atoms with Crippen LogP contribution < -0.4 is 5.48 Å². The largest absolute Gasteiger partial charge is 0.477 e. The molecule has 0 saturated carbocycles. The van der Waals surface area contributed by atoms with E-state index in [1.165, 1.54) is 0 Å². The van der Waals surface area contributed by atoms with Gasteiger partial charge in [0, 0.05) is 5.56 Å². The van der Waals surface area contributed by atoms with Gasteiger partial charge in [-0.05, 0) is 32.9 Å². The van der Waals surface area contributed by atoms with Crippen LogP contribution in [0.4, 0.5) is 8.78 Å². The summed E-state index contributed by atoms with van der Waals surface area (Å²) in [6.07, 6.45) is 0. The number of carboxylic acid groups (broad SMARTS) is 1. The maximum Gasteiger partial charge on any atom is 0.341 e. The molecule has 0 bridgehead atoms. The molecule has 0 heterocycles. The Morgan fingerprint density at radius 3 is 2.05 bits per heavy atom. The van der Waals surface area contributed by atoms with Gasteiger partial charge in [0.05, 0.1) is 5.60 Å². The highest BCUT2D eigenvalue weighted by Gasteiger charge is 2.21. The van der Waals surface area contributed by atoms with E-state index >= 15 is 0 Å². The summed E-state index contributed by atoms with van der Waals surface area (Å²) in [5, 5.41) is 8.58. The number of hydrogen-bond donors (Lipinski definition) is 2. The predicted molar refractivity (Wildman–Crippen MR) is 61.6 cm³/mol. The van der Waals surface area contributed by atoms with E-state index in [0.29, 0.717) is 12.1 Å². The highest BCUT2D eigenvalue weighted by atomic mass is 19.1. The Balaban J connectivity index is 2.97. The van der Waals surface area contributed by atoms with Gasteiger partial charge in [-0.15, -0.1) is 0 Å². The topological polar surface area (TPSA) is 75.6 Å². The van der Waals surface area contributed by atoms with Crippen LogP contribution >= 0.6 is 0 Å². The third-order valence-corrected chi connectivity index (χ3v) is 1.97. The number of benzene rings is 1. The first-order valence-corrected chi connectivity index (χ1v) is 5.32. The van der Waals surface area contributed by atoms with Crippen LogP contribution in [0.5, 0.6) is 0 Å². The number of carbonyl (C=O) groups excluding carboxylic acids is 1. The number of aromatic carboxylic acids is 1. The molecule has 0 aliphatic carbocycles. The smallest absolute Gasteiger partial charge is 0.341 e. The summed E-state index contributed by atoms with van der Waals surface area (Å²) in [4.78, 5) is 27.1. The maximum absolute atomic E-state index is 13.4. The van der Waals surface area contributed by atoms with E-state index in [4.69, 9.17) is 9.94 Å². The lowest BCUT2D eigenvalue weighted by atomic mass is 10.1. The molecule has 1 aromatic carbocycles. The van der Waals surface area contributed by atoms with Crippen LogP contribution in [-0.4, -0.2) is 22.6 Å². The number of rotatable bonds is 3. The number of carbonyl (C=O) groups is 2. The first-order chi connectivity index (χ1) is 8.61. The first-order valence-electron chi connectivity index (χ1n) is 5.32. The van der Waals surface area contributed by atoms with Crippen molar-refractivity contribution in [2.24, 2.45) is 0 Å². The highest BCUT2D eigenvalue weighted by Crippen LogP contribution is 2.16. The molecule has 1 amide bonds. The minimum absolute atomic E-state index is 0.371. The average Bonchev–Trinajstić information content (AvgIpc) is 2.23. The standard InChI is InChI=1S/C12H13F2NO4/c1-12(2,3)19-15-10(16)6-4-7(13)9(11(17)18)8(14)5-6/h4-5H,1-3H3,(H,15,16)(H,17,18). The SMILES string of the molecule is CC(C)(C)ONC(=O)c1cc(F)c(C(=O)O)c(F)c1. The first kappa shape index (κ1) is 15.0. The average molecular weight is 273 g/mol. The molecule has 2 N–H and O–H groups in total. The molecule has 0 aliphatic rings. The van der Waals surface area contributed by atoms with Gasteiger partial charge in [0.25, 0.3) is 5.91 Å². The third kappa shape index (κ3) is 3.99. The van der Waals surface area contributed by atoms with Gasteiger partial charge in [-0.3, -0.25) is 9.63 Å². The van der Waals surface area contributed by atoms with Crippen molar-refractivity contribution < 1.29 is 28.3 Å². The summed E-state index contributed by atoms with van der Waals surface area (Å²) in [6.45, 7) is 5.01. The molecule has 0 radical (unpaired) electrons. The molecule has 0 atom stereocenters. The Hall–Kier alpha value is -2.02. The molecule has 0 aromatic heterocycles. The lowest BCUT2D eigenvalue weighted by Gasteiger charge is -2.19. The Bertz CT molecular complexity index is 500. The zero-order chi connectivity index (χ0) is 14.8. The lowest BCUT2D eigenvalue weighted by molar-refractivity contribution is -0.0589. The Morgan fingerprint density at radius 1 is 1.21 bits per heavy atom. The molecule has 0 fully saturated rings. The Kier molecular flexibility index (Phi) is 4.21. The van der Waals surface area contributed by atoms with E-state index < -0.39 is 34.7 Å². The zero-order valence-electron chi connectivity index (χ0n) is 10.6. The van der Waals surface area contributed by atoms with Gasteiger partial charge in [0.2, 0.25) is 0 Å². The molecule has 0 spiro atoms. The van der Waals surface area contributed by atoms with Crippen LogP contribution in [0.3, 0.4) is 0 Å². The van der Waals surface area contributed by atoms with Crippen molar-refractivity contribution in [3.8, 4) is 0 Å². The number of carboxylic acids is 1. The summed E-state index contributed by atoms with van der Waals surface area (Å²) in [5.41, 5.74) is -0.125. The van der Waals surface area contributed by atoms with Crippen molar-refractivity contribution >= 4 is 11.9 Å². The monoisotopic (exact) mass is 273 g/mol. The number of hydrogen-bond acceptors (Lipinski definition) is 3. The van der Waals surface area contributed by atoms with Crippen LogP contribution in [0.1, 0.15) is 41.5 Å². The Labute approximate surface area is 108 Å². The van der Waals surface area contributed by atoms with E-state index in [2.05, 4.69) is 0 Å². The van der Waals surface area contributed by atoms with Crippen LogP contribution in [0.15, 0.2) is 12.1 Å². The van der Waals surface area contributed by atoms with Gasteiger partial charge in [-0.25, -0.2) is 19.1 Å². The highest BCUT2D eigenvalue weighted by molar-refractivity contribution is 5.95. The van der Waals surface area contributed by atoms with E-state index in [0.717, 1.165) is 0 Å². The fourth-order valence-electron chi connectivity index (χ4n) is 1.17. The van der Waals surface area contributed by atoms with Gasteiger partial charge < -0.3 is 5.11 Å². The summed E-state index contributed by atoms with van der Waals surface area (Å²) >= 11 is 0. The minimum atomic E-state index is -1.74. The second-order valence-electron chi connectivity index (χ2n) is 4.77. The van der Waals surface area contributed by atoms with Gasteiger partial charge in [-0.1, -0.05) is 0 Å². The fourth-order valence-corrected chi connectivity index (χ4v) is 1.17. The van der Waals surface area contributed by atoms with Gasteiger partial charge >= 0.3 is 5.97 Å². The van der Waals surface area contributed by atoms with Crippen LogP contribution in [0.2, 0.25) is 0 Å². The van der Waals surface area contributed by atoms with Crippen molar-refractivity contribution in [3.63, 3.8) is 0 Å². The summed E-state index contributed by atoms with van der Waals surface area (Å²) in [7, 11) is 0. The Morgan fingerprint density at radius 2 is 1.68 bits per heavy atom. The van der Waals surface area contributed by atoms with Gasteiger partial charge in [-0.2, -0.15) is 0 Å². The van der Waals surface area contributed by atoms with Gasteiger partial charge in [0.15, 0.2) is 0 Å². The van der Waals surface area contributed by atoms with E-state index in [-0.39, 0.29) is 5.56 Å². The fraction of sp³-hybridized carbons (Fsp3) is 0.333. The molecule has 0 unspecified atom stereocenters. The third-order valence-electron chi connectivity index (χ3n) is 1.97. The molecule has 19 heavy (non-hydrogen) atoms. The molecule has 5 nitrogen and oxygen atoms in total. The zero-order valence-corrected chi connectivity index (χ0v) is 10.6. The molecular weight excluding hydrogens is 260 g/mol. The molecule has 7 heteroatoms. The van der Waals surface area contributed by atoms with Crippen LogP contribution in [0.25, 0.3) is 0 Å². The van der Waals surface area contributed by atoms with Crippen LogP contribution in [0, 0.1) is 11.6 Å². The normalized spacial score (nSPS) is 11.2. The van der Waals surface area contributed by atoms with E-state index in [1.54, 1.807) is 20.8 Å². The molecule has 1 aromatic rings. The van der Waals surface area contributed by atoms with Crippen molar-refractivity contribution in [1.29, 1.82) is 0 Å². The number of hydroxylamine groups is 1. The van der Waals surface area contributed by atoms with Gasteiger partial charge in [0.1, 0.15) is 17.2 Å². The lowest BCUT2D eigenvalue weighted by Crippen LogP contribution is -2.33. The van der Waals surface area contributed by atoms with Crippen molar-refractivity contribution in [1.82, 2.24) is 5.48 Å². The second-order valence-corrected chi connectivity index (χ2v) is 4.77. The molecule has 0 aliphatic heterocycles. The molecular formula is C12H13F2NO4. The summed E-state index contributed by atoms with van der Waals surface area (Å²) in [5.74, 6) is -5.26. The van der Waals surface area contributed by atoms with Crippen molar-refractivity contribution in [2.75, 3.05) is 0 Å². The number of amides is 1. The van der Waals surface area contributed by atoms with E-state index in [1.807, 2.05) is 5.48 Å². The van der Waals surface area contributed by atoms with Crippen LogP contribution in [-0.2, 0) is 4.84 Å². The predicted octanol–water partition coefficient (Wildman–Crippen LogP) is 2.12. The quantitative estimate of drug-likeness (QED) is 0.827. The van der Waals surface area contributed by atoms with Crippen molar-refractivity contribution in [3.05, 3.63) is 34.9 Å².